The molecule has 4 heterocycles. The van der Waals surface area contributed by atoms with Crippen LogP contribution < -0.4 is 10.6 Å². The molecule has 0 radical (unpaired) electrons. The van der Waals surface area contributed by atoms with Crippen molar-refractivity contribution in [3.05, 3.63) is 59.4 Å². The van der Waals surface area contributed by atoms with Gasteiger partial charge >= 0.3 is 0 Å². The van der Waals surface area contributed by atoms with E-state index >= 15 is 0 Å². The Morgan fingerprint density at radius 2 is 1.85 bits per heavy atom. The number of likely N-dealkylation sites (N-methyl/N-ethyl adjacent to an activating group) is 1. The average Bonchev–Trinajstić information content (AvgIpc) is 3.52. The zero-order chi connectivity index (χ0) is 27.2. The summed E-state index contributed by atoms with van der Waals surface area (Å²) >= 11 is 0. The number of carbonyl (C=O) groups is 1. The number of nitrogens with zero attached hydrogens (tertiary/aromatic N) is 6. The highest BCUT2D eigenvalue weighted by Gasteiger charge is 2.46. The van der Waals surface area contributed by atoms with Gasteiger partial charge in [0.05, 0.1) is 23.4 Å². The number of amides is 1. The molecule has 2 N–H and O–H groups in total. The van der Waals surface area contributed by atoms with Gasteiger partial charge < -0.3 is 15.5 Å². The minimum Gasteiger partial charge on any atom is -0.355 e. The third kappa shape index (κ3) is 5.50. The van der Waals surface area contributed by atoms with Crippen LogP contribution in [0.3, 0.4) is 0 Å². The highest BCUT2D eigenvalue weighted by Crippen LogP contribution is 2.39. The molecule has 2 fully saturated rings. The first-order valence-electron chi connectivity index (χ1n) is 13.1. The molecular weight excluding hydrogens is 538 g/mol. The first-order chi connectivity index (χ1) is 18.0. The SMILES string of the molecule is Cc1cn2nc([C@H](C)N(C)C(=O)C3(c4ccccc4)CCN(S(C)(=O)=O)CC3)cc2nc1N1CC[C@H](N)C1.Cl. The molecule has 10 nitrogen and oxygen atoms in total. The lowest BCUT2D eigenvalue weighted by Crippen LogP contribution is -2.53. The van der Waals surface area contributed by atoms with Crippen LogP contribution in [-0.4, -0.2) is 83.7 Å². The van der Waals surface area contributed by atoms with E-state index in [0.29, 0.717) is 25.9 Å². The molecular formula is C27H38ClN7O3S. The quantitative estimate of drug-likeness (QED) is 0.480. The van der Waals surface area contributed by atoms with E-state index in [0.717, 1.165) is 47.8 Å². The van der Waals surface area contributed by atoms with Crippen molar-refractivity contribution in [3.63, 3.8) is 0 Å². The van der Waals surface area contributed by atoms with Gasteiger partial charge in [0.2, 0.25) is 15.9 Å². The van der Waals surface area contributed by atoms with Crippen molar-refractivity contribution in [1.29, 1.82) is 0 Å². The lowest BCUT2D eigenvalue weighted by atomic mass is 9.72. The Hall–Kier alpha value is -2.73. The smallest absolute Gasteiger partial charge is 0.233 e. The number of carbonyl (C=O) groups excluding carboxylic acids is 1. The van der Waals surface area contributed by atoms with Crippen molar-refractivity contribution in [2.45, 2.75) is 50.6 Å². The van der Waals surface area contributed by atoms with Gasteiger partial charge in [0.1, 0.15) is 5.82 Å². The molecule has 212 valence electrons. The first-order valence-corrected chi connectivity index (χ1v) is 15.0. The van der Waals surface area contributed by atoms with Crippen LogP contribution in [-0.2, 0) is 20.2 Å². The van der Waals surface area contributed by atoms with Gasteiger partial charge in [-0.05, 0) is 38.7 Å². The predicted octanol–water partition coefficient (Wildman–Crippen LogP) is 2.51. The van der Waals surface area contributed by atoms with Crippen molar-refractivity contribution >= 4 is 39.8 Å². The Balaban J connectivity index is 0.00000353. The summed E-state index contributed by atoms with van der Waals surface area (Å²) in [5.74, 6) is 0.895. The Bertz CT molecular complexity index is 1440. The molecule has 1 aromatic carbocycles. The second-order valence-corrected chi connectivity index (χ2v) is 12.8. The van der Waals surface area contributed by atoms with E-state index in [1.165, 1.54) is 10.6 Å². The third-order valence-electron chi connectivity index (χ3n) is 8.26. The van der Waals surface area contributed by atoms with Crippen LogP contribution in [0.2, 0.25) is 0 Å². The number of sulfonamides is 1. The second-order valence-electron chi connectivity index (χ2n) is 10.8. The number of anilines is 1. The van der Waals surface area contributed by atoms with Crippen LogP contribution in [0.25, 0.3) is 5.65 Å². The molecule has 2 saturated heterocycles. The van der Waals surface area contributed by atoms with Crippen molar-refractivity contribution in [1.82, 2.24) is 23.8 Å². The maximum atomic E-state index is 14.2. The molecule has 2 aliphatic rings. The summed E-state index contributed by atoms with van der Waals surface area (Å²) in [7, 11) is -1.51. The van der Waals surface area contributed by atoms with Crippen LogP contribution in [0.15, 0.2) is 42.6 Å². The fraction of sp³-hybridized carbons (Fsp3) is 0.519. The number of benzene rings is 1. The highest BCUT2D eigenvalue weighted by atomic mass is 35.5. The summed E-state index contributed by atoms with van der Waals surface area (Å²) < 4.78 is 27.6. The van der Waals surface area contributed by atoms with E-state index in [4.69, 9.17) is 15.8 Å². The Labute approximate surface area is 236 Å². The summed E-state index contributed by atoms with van der Waals surface area (Å²) in [5, 5.41) is 4.77. The van der Waals surface area contributed by atoms with E-state index in [-0.39, 0.29) is 30.4 Å². The van der Waals surface area contributed by atoms with Crippen molar-refractivity contribution in [2.75, 3.05) is 44.4 Å². The number of piperidine rings is 1. The van der Waals surface area contributed by atoms with Gasteiger partial charge in [0.15, 0.2) is 5.65 Å². The lowest BCUT2D eigenvalue weighted by molar-refractivity contribution is -0.139. The van der Waals surface area contributed by atoms with Crippen LogP contribution in [0.5, 0.6) is 0 Å². The zero-order valence-corrected chi connectivity index (χ0v) is 24.6. The van der Waals surface area contributed by atoms with E-state index in [2.05, 4.69) is 4.90 Å². The standard InChI is InChI=1S/C27H37N7O3S.ClH/c1-19-17-34-24(29-25(19)32-13-10-22(28)18-32)16-23(30-34)20(2)31(3)26(35)27(21-8-6-5-7-9-21)11-14-33(15-12-27)38(4,36)37;/h5-9,16-17,20,22H,10-15,18,28H2,1-4H3;1H/t20-,22-;/m0./s1. The minimum absolute atomic E-state index is 0. The van der Waals surface area contributed by atoms with Gasteiger partial charge in [-0.1, -0.05) is 30.3 Å². The number of aryl methyl sites for hydroxylation is 1. The molecule has 2 aromatic heterocycles. The van der Waals surface area contributed by atoms with E-state index in [9.17, 15) is 13.2 Å². The molecule has 0 spiro atoms. The molecule has 5 rings (SSSR count). The molecule has 0 aliphatic carbocycles. The fourth-order valence-electron chi connectivity index (χ4n) is 5.82. The van der Waals surface area contributed by atoms with Crippen LogP contribution in [0.4, 0.5) is 5.82 Å². The summed E-state index contributed by atoms with van der Waals surface area (Å²) in [4.78, 5) is 23.1. The molecule has 12 heteroatoms. The Morgan fingerprint density at radius 1 is 1.18 bits per heavy atom. The van der Waals surface area contributed by atoms with Crippen molar-refractivity contribution in [2.24, 2.45) is 5.73 Å². The number of hydrogen-bond donors (Lipinski definition) is 1. The van der Waals surface area contributed by atoms with Gasteiger partial charge in [0, 0.05) is 57.1 Å². The highest BCUT2D eigenvalue weighted by molar-refractivity contribution is 7.88. The topological polar surface area (TPSA) is 117 Å². The predicted molar refractivity (Wildman–Crippen MR) is 155 cm³/mol. The van der Waals surface area contributed by atoms with Crippen molar-refractivity contribution < 1.29 is 13.2 Å². The molecule has 39 heavy (non-hydrogen) atoms. The molecule has 0 saturated carbocycles. The molecule has 2 aliphatic heterocycles. The Kier molecular flexibility index (Phi) is 8.28. The fourth-order valence-corrected chi connectivity index (χ4v) is 6.66. The molecule has 0 bridgehead atoms. The molecule has 2 atom stereocenters. The summed E-state index contributed by atoms with van der Waals surface area (Å²) in [6, 6.07) is 11.5. The zero-order valence-electron chi connectivity index (χ0n) is 22.9. The van der Waals surface area contributed by atoms with Gasteiger partial charge in [-0.25, -0.2) is 22.2 Å². The average molecular weight is 576 g/mol. The lowest BCUT2D eigenvalue weighted by Gasteiger charge is -2.43. The second kappa shape index (κ2) is 11.0. The number of nitrogens with two attached hydrogens (primary N) is 1. The number of fused-ring (bicyclic) bond motifs is 1. The largest absolute Gasteiger partial charge is 0.355 e. The third-order valence-corrected chi connectivity index (χ3v) is 9.56. The number of hydrogen-bond acceptors (Lipinski definition) is 7. The van der Waals surface area contributed by atoms with E-state index < -0.39 is 15.4 Å². The van der Waals surface area contributed by atoms with Gasteiger partial charge in [0.25, 0.3) is 0 Å². The number of rotatable bonds is 6. The summed E-state index contributed by atoms with van der Waals surface area (Å²) in [6.07, 6.45) is 5.00. The normalized spacial score (nSPS) is 20.5. The summed E-state index contributed by atoms with van der Waals surface area (Å²) in [6.45, 7) is 6.29. The number of aromatic nitrogens is 3. The van der Waals surface area contributed by atoms with Gasteiger partial charge in [-0.3, -0.25) is 4.79 Å². The summed E-state index contributed by atoms with van der Waals surface area (Å²) in [5.41, 5.74) is 8.73. The molecule has 3 aromatic rings. The van der Waals surface area contributed by atoms with Crippen LogP contribution in [0, 0.1) is 6.92 Å². The molecule has 0 unspecified atom stereocenters. The maximum Gasteiger partial charge on any atom is 0.233 e. The van der Waals surface area contributed by atoms with Gasteiger partial charge in [-0.2, -0.15) is 5.10 Å². The Morgan fingerprint density at radius 3 is 2.44 bits per heavy atom. The molecule has 1 amide bonds. The van der Waals surface area contributed by atoms with Crippen molar-refractivity contribution in [3.8, 4) is 0 Å². The van der Waals surface area contributed by atoms with Crippen LogP contribution in [0.1, 0.15) is 49.0 Å². The minimum atomic E-state index is -3.32. The monoisotopic (exact) mass is 575 g/mol. The van der Waals surface area contributed by atoms with E-state index in [1.807, 2.05) is 56.4 Å². The van der Waals surface area contributed by atoms with E-state index in [1.54, 1.807) is 16.5 Å². The first kappa shape index (κ1) is 29.3. The van der Waals surface area contributed by atoms with Gasteiger partial charge in [-0.15, -0.1) is 12.4 Å². The van der Waals surface area contributed by atoms with Crippen LogP contribution >= 0.6 is 12.4 Å². The maximum absolute atomic E-state index is 14.2. The number of halogens is 1.